The maximum Gasteiger partial charge on any atom is 0.300 e. The monoisotopic (exact) mass is 496 g/mol. The van der Waals surface area contributed by atoms with E-state index in [0.717, 1.165) is 4.90 Å². The van der Waals surface area contributed by atoms with Crippen LogP contribution in [0.5, 0.6) is 5.75 Å². The van der Waals surface area contributed by atoms with E-state index in [0.29, 0.717) is 5.56 Å². The standard InChI is InChI=1S/C25H15Cl2FN2O4/c1-34-24-17(10-14(26)11-18(24)27)22(31)20-21(16-4-2-3-5-19(16)28)30(25(33)23(20)32)15-8-6-13(12-29)7-9-15/h2-11,21,31H,1H3/b22-20+. The summed E-state index contributed by atoms with van der Waals surface area (Å²) in [6.07, 6.45) is 0. The molecule has 34 heavy (non-hydrogen) atoms. The number of ether oxygens (including phenoxy) is 1. The number of halogens is 3. The number of methoxy groups -OCH3 is 1. The molecular formula is C25H15Cl2FN2O4. The molecule has 170 valence electrons. The number of carbonyl (C=O) groups is 2. The van der Waals surface area contributed by atoms with Crippen molar-refractivity contribution in [2.75, 3.05) is 12.0 Å². The Bertz CT molecular complexity index is 1400. The molecular weight excluding hydrogens is 482 g/mol. The predicted molar refractivity (Wildman–Crippen MR) is 125 cm³/mol. The molecule has 1 N–H and O–H groups in total. The molecule has 1 saturated heterocycles. The average Bonchev–Trinajstić information content (AvgIpc) is 3.08. The lowest BCUT2D eigenvalue weighted by atomic mass is 9.94. The third-order valence-electron chi connectivity index (χ3n) is 5.39. The van der Waals surface area contributed by atoms with Crippen LogP contribution in [0, 0.1) is 17.1 Å². The van der Waals surface area contributed by atoms with E-state index in [1.807, 2.05) is 6.07 Å². The third-order valence-corrected chi connectivity index (χ3v) is 5.89. The van der Waals surface area contributed by atoms with Crippen molar-refractivity contribution in [3.63, 3.8) is 0 Å². The first-order valence-corrected chi connectivity index (χ1v) is 10.6. The first-order valence-electron chi connectivity index (χ1n) is 9.87. The molecule has 4 rings (SSSR count). The van der Waals surface area contributed by atoms with E-state index in [2.05, 4.69) is 0 Å². The van der Waals surface area contributed by atoms with Gasteiger partial charge in [0.1, 0.15) is 17.3 Å². The van der Waals surface area contributed by atoms with Crippen LogP contribution in [-0.4, -0.2) is 23.9 Å². The SMILES string of the molecule is COc1c(Cl)cc(Cl)cc1/C(O)=C1\C(=O)C(=O)N(c2ccc(C#N)cc2)C1c1ccccc1F. The number of rotatable bonds is 4. The Balaban J connectivity index is 2.02. The summed E-state index contributed by atoms with van der Waals surface area (Å²) in [5.41, 5.74) is 0.167. The molecule has 1 aliphatic rings. The largest absolute Gasteiger partial charge is 0.507 e. The van der Waals surface area contributed by atoms with Crippen molar-refractivity contribution in [2.45, 2.75) is 6.04 Å². The molecule has 1 aliphatic heterocycles. The van der Waals surface area contributed by atoms with Crippen molar-refractivity contribution >= 4 is 46.3 Å². The van der Waals surface area contributed by atoms with Crippen molar-refractivity contribution in [1.82, 2.24) is 0 Å². The summed E-state index contributed by atoms with van der Waals surface area (Å²) in [7, 11) is 1.32. The summed E-state index contributed by atoms with van der Waals surface area (Å²) in [6, 6.07) is 14.9. The minimum Gasteiger partial charge on any atom is -0.507 e. The van der Waals surface area contributed by atoms with E-state index in [9.17, 15) is 19.1 Å². The minimum atomic E-state index is -1.31. The number of hydrogen-bond acceptors (Lipinski definition) is 5. The summed E-state index contributed by atoms with van der Waals surface area (Å²) in [6.45, 7) is 0. The number of nitrogens with zero attached hydrogens (tertiary/aromatic N) is 2. The summed E-state index contributed by atoms with van der Waals surface area (Å²) >= 11 is 12.3. The Kier molecular flexibility index (Phi) is 6.29. The zero-order chi connectivity index (χ0) is 24.6. The van der Waals surface area contributed by atoms with Crippen LogP contribution in [-0.2, 0) is 9.59 Å². The van der Waals surface area contributed by atoms with Gasteiger partial charge in [0.05, 0.1) is 40.9 Å². The van der Waals surface area contributed by atoms with Gasteiger partial charge in [0.15, 0.2) is 0 Å². The normalized spacial score (nSPS) is 17.0. The molecule has 1 fully saturated rings. The Hall–Kier alpha value is -3.86. The quantitative estimate of drug-likeness (QED) is 0.286. The Labute approximate surface area is 204 Å². The van der Waals surface area contributed by atoms with E-state index < -0.39 is 29.3 Å². The molecule has 0 saturated carbocycles. The van der Waals surface area contributed by atoms with Gasteiger partial charge in [0.2, 0.25) is 0 Å². The van der Waals surface area contributed by atoms with E-state index in [1.54, 1.807) is 6.07 Å². The minimum absolute atomic E-state index is 0.0142. The summed E-state index contributed by atoms with van der Waals surface area (Å²) < 4.78 is 20.2. The Morgan fingerprint density at radius 3 is 2.41 bits per heavy atom. The Morgan fingerprint density at radius 2 is 1.79 bits per heavy atom. The lowest BCUT2D eigenvalue weighted by Crippen LogP contribution is -2.29. The highest BCUT2D eigenvalue weighted by Crippen LogP contribution is 2.45. The van der Waals surface area contributed by atoms with Crippen LogP contribution in [0.4, 0.5) is 10.1 Å². The number of amides is 1. The smallest absolute Gasteiger partial charge is 0.300 e. The van der Waals surface area contributed by atoms with Gasteiger partial charge in [-0.3, -0.25) is 14.5 Å². The summed E-state index contributed by atoms with van der Waals surface area (Å²) in [5, 5.41) is 20.6. The molecule has 1 unspecified atom stereocenters. The lowest BCUT2D eigenvalue weighted by molar-refractivity contribution is -0.132. The van der Waals surface area contributed by atoms with E-state index in [1.165, 1.54) is 61.7 Å². The Morgan fingerprint density at radius 1 is 1.12 bits per heavy atom. The average molecular weight is 497 g/mol. The number of ketones is 1. The van der Waals surface area contributed by atoms with Crippen LogP contribution in [0.15, 0.2) is 66.2 Å². The van der Waals surface area contributed by atoms with Gasteiger partial charge in [-0.05, 0) is 42.5 Å². The molecule has 0 bridgehead atoms. The zero-order valence-electron chi connectivity index (χ0n) is 17.6. The fourth-order valence-electron chi connectivity index (χ4n) is 3.88. The molecule has 0 aromatic heterocycles. The van der Waals surface area contributed by atoms with Crippen LogP contribution < -0.4 is 9.64 Å². The zero-order valence-corrected chi connectivity index (χ0v) is 19.1. The first kappa shape index (κ1) is 23.3. The number of carbonyl (C=O) groups excluding carboxylic acids is 2. The topological polar surface area (TPSA) is 90.6 Å². The highest BCUT2D eigenvalue weighted by molar-refractivity contribution is 6.52. The molecule has 1 heterocycles. The van der Waals surface area contributed by atoms with Gasteiger partial charge in [-0.1, -0.05) is 41.4 Å². The molecule has 0 radical (unpaired) electrons. The molecule has 1 amide bonds. The maximum absolute atomic E-state index is 15.0. The summed E-state index contributed by atoms with van der Waals surface area (Å²) in [5.74, 6) is -3.29. The fraction of sp³-hybridized carbons (Fsp3) is 0.0800. The maximum atomic E-state index is 15.0. The molecule has 0 spiro atoms. The predicted octanol–water partition coefficient (Wildman–Crippen LogP) is 5.64. The number of aliphatic hydroxyl groups is 1. The van der Waals surface area contributed by atoms with Gasteiger partial charge in [0.25, 0.3) is 11.7 Å². The van der Waals surface area contributed by atoms with Crippen molar-refractivity contribution in [1.29, 1.82) is 5.26 Å². The molecule has 1 atom stereocenters. The van der Waals surface area contributed by atoms with Gasteiger partial charge in [-0.15, -0.1) is 0 Å². The van der Waals surface area contributed by atoms with Gasteiger partial charge in [0, 0.05) is 16.3 Å². The number of aliphatic hydroxyl groups excluding tert-OH is 1. The molecule has 0 aliphatic carbocycles. The van der Waals surface area contributed by atoms with Crippen LogP contribution in [0.25, 0.3) is 5.76 Å². The summed E-state index contributed by atoms with van der Waals surface area (Å²) in [4.78, 5) is 27.4. The van der Waals surface area contributed by atoms with Crippen molar-refractivity contribution in [3.8, 4) is 11.8 Å². The van der Waals surface area contributed by atoms with Gasteiger partial charge in [-0.2, -0.15) is 5.26 Å². The molecule has 3 aromatic rings. The van der Waals surface area contributed by atoms with Crippen molar-refractivity contribution < 1.29 is 23.8 Å². The third kappa shape index (κ3) is 3.87. The molecule has 3 aromatic carbocycles. The van der Waals surface area contributed by atoms with Crippen molar-refractivity contribution in [3.05, 3.63) is 98.8 Å². The van der Waals surface area contributed by atoms with E-state index in [-0.39, 0.29) is 38.2 Å². The lowest BCUT2D eigenvalue weighted by Gasteiger charge is -2.26. The highest BCUT2D eigenvalue weighted by Gasteiger charge is 2.48. The van der Waals surface area contributed by atoms with Gasteiger partial charge in [-0.25, -0.2) is 4.39 Å². The number of anilines is 1. The van der Waals surface area contributed by atoms with Crippen LogP contribution >= 0.6 is 23.2 Å². The van der Waals surface area contributed by atoms with E-state index in [4.69, 9.17) is 33.2 Å². The van der Waals surface area contributed by atoms with Gasteiger partial charge >= 0.3 is 0 Å². The fourth-order valence-corrected chi connectivity index (χ4v) is 4.45. The number of hydrogen-bond donors (Lipinski definition) is 1. The van der Waals surface area contributed by atoms with Crippen LogP contribution in [0.2, 0.25) is 10.0 Å². The number of benzene rings is 3. The second-order valence-electron chi connectivity index (χ2n) is 7.32. The second-order valence-corrected chi connectivity index (χ2v) is 8.16. The van der Waals surface area contributed by atoms with Crippen LogP contribution in [0.3, 0.4) is 0 Å². The number of nitriles is 1. The first-order chi connectivity index (χ1) is 16.3. The van der Waals surface area contributed by atoms with Crippen molar-refractivity contribution in [2.24, 2.45) is 0 Å². The highest BCUT2D eigenvalue weighted by atomic mass is 35.5. The van der Waals surface area contributed by atoms with Gasteiger partial charge < -0.3 is 9.84 Å². The van der Waals surface area contributed by atoms with E-state index >= 15 is 0 Å². The number of Topliss-reactive ketones (excluding diaryl/α,β-unsaturated/α-hetero) is 1. The molecule has 9 heteroatoms. The molecule has 6 nitrogen and oxygen atoms in total. The van der Waals surface area contributed by atoms with Crippen LogP contribution in [0.1, 0.15) is 22.7 Å². The second kappa shape index (κ2) is 9.18.